The molecule has 0 radical (unpaired) electrons. The van der Waals surface area contributed by atoms with Gasteiger partial charge < -0.3 is 14.2 Å². The van der Waals surface area contributed by atoms with Gasteiger partial charge in [0.25, 0.3) is 0 Å². The van der Waals surface area contributed by atoms with E-state index in [-0.39, 0.29) is 5.91 Å². The first kappa shape index (κ1) is 13.5. The Labute approximate surface area is 106 Å². The van der Waals surface area contributed by atoms with Crippen LogP contribution < -0.4 is 0 Å². The molecule has 100 valence electrons. The van der Waals surface area contributed by atoms with Crippen LogP contribution >= 0.6 is 0 Å². The molecule has 0 N–H and O–H groups in total. The molecule has 4 unspecified atom stereocenters. The molecule has 1 heterocycles. The fourth-order valence-electron chi connectivity index (χ4n) is 3.20. The molecule has 1 saturated carbocycles. The Morgan fingerprint density at radius 2 is 1.82 bits per heavy atom. The van der Waals surface area contributed by atoms with E-state index >= 15 is 0 Å². The van der Waals surface area contributed by atoms with Crippen molar-refractivity contribution < 1.29 is 14.2 Å². The van der Waals surface area contributed by atoms with Crippen LogP contribution in [0.5, 0.6) is 0 Å². The smallest absolute Gasteiger partial charge is 0.138 e. The first-order valence-corrected chi connectivity index (χ1v) is 9.33. The van der Waals surface area contributed by atoms with Crippen molar-refractivity contribution in [2.75, 3.05) is 13.2 Å². The number of epoxide rings is 1. The summed E-state index contributed by atoms with van der Waals surface area (Å²) in [5.74, 6) is 0.121. The Hall–Kier alpha value is 0.0969. The van der Waals surface area contributed by atoms with Gasteiger partial charge in [0.05, 0.1) is 12.2 Å². The average molecular weight is 258 g/mol. The molecule has 0 bridgehead atoms. The lowest BCUT2D eigenvalue weighted by Crippen LogP contribution is -2.40. The fourth-order valence-corrected chi connectivity index (χ4v) is 6.81. The van der Waals surface area contributed by atoms with Crippen LogP contribution in [0.1, 0.15) is 40.0 Å². The minimum atomic E-state index is -0.981. The predicted octanol–water partition coefficient (Wildman–Crippen LogP) is 2.49. The highest BCUT2D eigenvalue weighted by Crippen LogP contribution is 2.44. The van der Waals surface area contributed by atoms with Crippen molar-refractivity contribution in [1.29, 1.82) is 0 Å². The monoisotopic (exact) mass is 258 g/mol. The number of hydrogen-bond donors (Lipinski definition) is 0. The molecule has 4 heteroatoms. The van der Waals surface area contributed by atoms with Gasteiger partial charge in [-0.15, -0.1) is 0 Å². The molecule has 4 atom stereocenters. The summed E-state index contributed by atoms with van der Waals surface area (Å²) in [7, 11) is -0.981. The van der Waals surface area contributed by atoms with E-state index in [4.69, 9.17) is 14.2 Å². The summed E-state index contributed by atoms with van der Waals surface area (Å²) in [6.07, 6.45) is 5.06. The van der Waals surface area contributed by atoms with E-state index < -0.39 is 8.80 Å². The molecule has 0 spiro atoms. The maximum Gasteiger partial charge on any atom is 0.138 e. The molecule has 1 aliphatic carbocycles. The number of rotatable bonds is 7. The lowest BCUT2D eigenvalue weighted by atomic mass is 10.0. The second-order valence-electron chi connectivity index (χ2n) is 5.14. The van der Waals surface area contributed by atoms with E-state index in [9.17, 15) is 0 Å². The molecule has 0 aromatic heterocycles. The minimum absolute atomic E-state index is 0.121. The molecule has 2 fully saturated rings. The topological polar surface area (TPSA) is 31.0 Å². The number of hydrogen-bond acceptors (Lipinski definition) is 3. The van der Waals surface area contributed by atoms with Crippen molar-refractivity contribution in [3.8, 4) is 0 Å². The van der Waals surface area contributed by atoms with Gasteiger partial charge in [-0.05, 0) is 32.2 Å². The van der Waals surface area contributed by atoms with E-state index in [0.29, 0.717) is 12.2 Å². The van der Waals surface area contributed by atoms with Gasteiger partial charge in [-0.1, -0.05) is 19.4 Å². The molecule has 1 saturated heterocycles. The largest absolute Gasteiger partial charge is 0.370 e. The molecule has 17 heavy (non-hydrogen) atoms. The van der Waals surface area contributed by atoms with Gasteiger partial charge in [-0.25, -0.2) is 0 Å². The second kappa shape index (κ2) is 6.32. The van der Waals surface area contributed by atoms with Gasteiger partial charge in [0.1, 0.15) is 14.7 Å². The summed E-state index contributed by atoms with van der Waals surface area (Å²) < 4.78 is 17.3. The zero-order chi connectivity index (χ0) is 12.3. The summed E-state index contributed by atoms with van der Waals surface area (Å²) >= 11 is 0. The van der Waals surface area contributed by atoms with Crippen molar-refractivity contribution in [2.24, 2.45) is 0 Å². The third-order valence-corrected chi connectivity index (χ3v) is 7.98. The maximum atomic E-state index is 5.84. The van der Waals surface area contributed by atoms with E-state index in [1.807, 2.05) is 0 Å². The quantitative estimate of drug-likeness (QED) is 0.399. The third-order valence-electron chi connectivity index (χ3n) is 4.13. The van der Waals surface area contributed by atoms with E-state index in [1.165, 1.54) is 25.3 Å². The first-order valence-electron chi connectivity index (χ1n) is 7.18. The highest BCUT2D eigenvalue weighted by molar-refractivity contribution is 6.61. The van der Waals surface area contributed by atoms with Crippen LogP contribution in [0, 0.1) is 0 Å². The third kappa shape index (κ3) is 3.31. The molecule has 0 amide bonds. The van der Waals surface area contributed by atoms with Crippen molar-refractivity contribution in [3.63, 3.8) is 0 Å². The molecule has 2 aliphatic rings. The van der Waals surface area contributed by atoms with Crippen LogP contribution in [0.4, 0.5) is 0 Å². The molecule has 3 nitrogen and oxygen atoms in total. The summed E-state index contributed by atoms with van der Waals surface area (Å²) in [6, 6.07) is 1.27. The van der Waals surface area contributed by atoms with Crippen LogP contribution in [-0.4, -0.2) is 40.1 Å². The van der Waals surface area contributed by atoms with Crippen LogP contribution in [0.2, 0.25) is 11.6 Å². The van der Waals surface area contributed by atoms with Crippen LogP contribution in [0.3, 0.4) is 0 Å². The summed E-state index contributed by atoms with van der Waals surface area (Å²) in [6.45, 7) is 7.97. The van der Waals surface area contributed by atoms with Gasteiger partial charge >= 0.3 is 0 Å². The van der Waals surface area contributed by atoms with E-state index in [1.54, 1.807) is 0 Å². The fraction of sp³-hybridized carbons (Fsp3) is 1.00. The standard InChI is InChI=1S/C13H26O3Si/c1-4-14-13(15-5-2)17(6-3)10-7-8-11-12(9-10)16-11/h10-13,17H,4-9H2,1-3H3. The SMILES string of the molecule is CCOC(OCC)[SiH](CC)C1CCC2OC2C1. The van der Waals surface area contributed by atoms with Gasteiger partial charge in [0, 0.05) is 13.2 Å². The summed E-state index contributed by atoms with van der Waals surface area (Å²) in [4.78, 5) is 0. The molecular formula is C13H26O3Si. The normalized spacial score (nSPS) is 33.5. The second-order valence-corrected chi connectivity index (χ2v) is 8.77. The number of fused-ring (bicyclic) bond motifs is 1. The van der Waals surface area contributed by atoms with E-state index in [2.05, 4.69) is 20.8 Å². The van der Waals surface area contributed by atoms with Gasteiger partial charge in [0.15, 0.2) is 0 Å². The van der Waals surface area contributed by atoms with Gasteiger partial charge in [0.2, 0.25) is 0 Å². The highest BCUT2D eigenvalue weighted by Gasteiger charge is 2.47. The van der Waals surface area contributed by atoms with Gasteiger partial charge in [-0.2, -0.15) is 0 Å². The van der Waals surface area contributed by atoms with Crippen molar-refractivity contribution in [3.05, 3.63) is 0 Å². The Bertz CT molecular complexity index is 229. The summed E-state index contributed by atoms with van der Waals surface area (Å²) in [5.41, 5.74) is 0.854. The predicted molar refractivity (Wildman–Crippen MR) is 70.9 cm³/mol. The van der Waals surface area contributed by atoms with Crippen LogP contribution in [0.15, 0.2) is 0 Å². The summed E-state index contributed by atoms with van der Waals surface area (Å²) in [5, 5.41) is 0. The lowest BCUT2D eigenvalue weighted by Gasteiger charge is -2.32. The lowest BCUT2D eigenvalue weighted by molar-refractivity contribution is -0.0867. The highest BCUT2D eigenvalue weighted by atomic mass is 28.3. The van der Waals surface area contributed by atoms with Crippen LogP contribution in [-0.2, 0) is 14.2 Å². The molecule has 0 aromatic carbocycles. The number of ether oxygens (including phenoxy) is 3. The Morgan fingerprint density at radius 3 is 2.35 bits per heavy atom. The molecule has 2 rings (SSSR count). The van der Waals surface area contributed by atoms with Crippen molar-refractivity contribution in [1.82, 2.24) is 0 Å². The first-order chi connectivity index (χ1) is 8.30. The van der Waals surface area contributed by atoms with Gasteiger partial charge in [-0.3, -0.25) is 0 Å². The zero-order valence-electron chi connectivity index (χ0n) is 11.4. The Balaban J connectivity index is 1.91. The molecular weight excluding hydrogens is 232 g/mol. The molecule has 0 aromatic rings. The zero-order valence-corrected chi connectivity index (χ0v) is 12.5. The Kier molecular flexibility index (Phi) is 5.03. The minimum Gasteiger partial charge on any atom is -0.370 e. The van der Waals surface area contributed by atoms with Crippen LogP contribution in [0.25, 0.3) is 0 Å². The maximum absolute atomic E-state index is 5.84. The van der Waals surface area contributed by atoms with E-state index in [0.717, 1.165) is 18.8 Å². The average Bonchev–Trinajstić information content (AvgIpc) is 3.09. The van der Waals surface area contributed by atoms with Crippen molar-refractivity contribution in [2.45, 2.75) is 69.7 Å². The molecule has 1 aliphatic heterocycles. The Morgan fingerprint density at radius 1 is 1.12 bits per heavy atom. The van der Waals surface area contributed by atoms with Crippen molar-refractivity contribution >= 4 is 8.80 Å².